The summed E-state index contributed by atoms with van der Waals surface area (Å²) < 4.78 is 0. The molecule has 0 bridgehead atoms. The zero-order valence-electron chi connectivity index (χ0n) is 8.65. The zero-order chi connectivity index (χ0) is 12.3. The van der Waals surface area contributed by atoms with Crippen LogP contribution in [-0.4, -0.2) is 30.7 Å². The summed E-state index contributed by atoms with van der Waals surface area (Å²) in [5.74, 6) is -0.508. The molecule has 0 aliphatic carbocycles. The summed E-state index contributed by atoms with van der Waals surface area (Å²) in [6, 6.07) is 4.74. The lowest BCUT2D eigenvalue weighted by Gasteiger charge is -2.21. The second kappa shape index (κ2) is 5.50. The van der Waals surface area contributed by atoms with Gasteiger partial charge in [0.15, 0.2) is 0 Å². The highest BCUT2D eigenvalue weighted by molar-refractivity contribution is 6.36. The van der Waals surface area contributed by atoms with Crippen molar-refractivity contribution in [1.29, 1.82) is 0 Å². The molecule has 0 aliphatic heterocycles. The molecular formula is C10H12Cl2N2O2. The lowest BCUT2D eigenvalue weighted by Crippen LogP contribution is -2.40. The van der Waals surface area contributed by atoms with E-state index in [-0.39, 0.29) is 6.54 Å². The third kappa shape index (κ3) is 2.86. The van der Waals surface area contributed by atoms with Crippen LogP contribution < -0.4 is 10.6 Å². The molecule has 0 radical (unpaired) electrons. The van der Waals surface area contributed by atoms with Crippen molar-refractivity contribution in [2.24, 2.45) is 5.73 Å². The van der Waals surface area contributed by atoms with E-state index in [1.54, 1.807) is 12.1 Å². The normalized spacial score (nSPS) is 12.3. The van der Waals surface area contributed by atoms with E-state index in [2.05, 4.69) is 0 Å². The van der Waals surface area contributed by atoms with Crippen molar-refractivity contribution in [3.05, 3.63) is 28.2 Å². The largest absolute Gasteiger partial charge is 0.382 e. The van der Waals surface area contributed by atoms with E-state index in [1.165, 1.54) is 18.0 Å². The van der Waals surface area contributed by atoms with Gasteiger partial charge in [-0.1, -0.05) is 23.2 Å². The van der Waals surface area contributed by atoms with Crippen LogP contribution in [0.1, 0.15) is 0 Å². The zero-order valence-corrected chi connectivity index (χ0v) is 10.2. The molecule has 16 heavy (non-hydrogen) atoms. The first-order valence-corrected chi connectivity index (χ1v) is 5.33. The van der Waals surface area contributed by atoms with Gasteiger partial charge in [0.1, 0.15) is 6.10 Å². The maximum absolute atomic E-state index is 11.6. The van der Waals surface area contributed by atoms with Gasteiger partial charge in [0.25, 0.3) is 5.91 Å². The molecule has 6 heteroatoms. The SMILES string of the molecule is CN(C(=O)C(O)CN)c1ccc(Cl)cc1Cl. The molecule has 88 valence electrons. The van der Waals surface area contributed by atoms with Crippen LogP contribution in [-0.2, 0) is 4.79 Å². The van der Waals surface area contributed by atoms with Crippen molar-refractivity contribution in [3.8, 4) is 0 Å². The van der Waals surface area contributed by atoms with Gasteiger partial charge in [-0.3, -0.25) is 4.79 Å². The van der Waals surface area contributed by atoms with E-state index in [4.69, 9.17) is 28.9 Å². The fourth-order valence-corrected chi connectivity index (χ4v) is 1.73. The number of carbonyl (C=O) groups excluding carboxylic acids is 1. The Balaban J connectivity index is 2.96. The topological polar surface area (TPSA) is 66.6 Å². The lowest BCUT2D eigenvalue weighted by molar-refractivity contribution is -0.125. The smallest absolute Gasteiger partial charge is 0.256 e. The van der Waals surface area contributed by atoms with Crippen molar-refractivity contribution in [3.63, 3.8) is 0 Å². The molecule has 0 aromatic heterocycles. The van der Waals surface area contributed by atoms with Crippen LogP contribution >= 0.6 is 23.2 Å². The molecule has 1 unspecified atom stereocenters. The highest BCUT2D eigenvalue weighted by Crippen LogP contribution is 2.28. The van der Waals surface area contributed by atoms with Gasteiger partial charge in [-0.25, -0.2) is 0 Å². The summed E-state index contributed by atoms with van der Waals surface area (Å²) in [5.41, 5.74) is 5.67. The Morgan fingerprint density at radius 2 is 2.19 bits per heavy atom. The van der Waals surface area contributed by atoms with E-state index < -0.39 is 12.0 Å². The minimum absolute atomic E-state index is 0.131. The first-order chi connectivity index (χ1) is 7.47. The second-order valence-corrected chi connectivity index (χ2v) is 4.09. The summed E-state index contributed by atoms with van der Waals surface area (Å²) >= 11 is 11.7. The summed E-state index contributed by atoms with van der Waals surface area (Å²) in [7, 11) is 1.51. The van der Waals surface area contributed by atoms with Crippen LogP contribution in [0.25, 0.3) is 0 Å². The van der Waals surface area contributed by atoms with Gasteiger partial charge < -0.3 is 15.7 Å². The van der Waals surface area contributed by atoms with Crippen molar-refractivity contribution < 1.29 is 9.90 Å². The molecule has 1 atom stereocenters. The van der Waals surface area contributed by atoms with E-state index >= 15 is 0 Å². The summed E-state index contributed by atoms with van der Waals surface area (Å²) in [6.07, 6.45) is -1.23. The van der Waals surface area contributed by atoms with Gasteiger partial charge in [0.05, 0.1) is 10.7 Å². The molecule has 0 fully saturated rings. The standard InChI is InChI=1S/C10H12Cl2N2O2/c1-14(10(16)9(15)5-13)8-3-2-6(11)4-7(8)12/h2-4,9,15H,5,13H2,1H3. The van der Waals surface area contributed by atoms with E-state index in [9.17, 15) is 9.90 Å². The average molecular weight is 263 g/mol. The van der Waals surface area contributed by atoms with Crippen molar-refractivity contribution in [2.45, 2.75) is 6.10 Å². The first kappa shape index (κ1) is 13.3. The quantitative estimate of drug-likeness (QED) is 0.863. The number of aliphatic hydroxyl groups excluding tert-OH is 1. The van der Waals surface area contributed by atoms with Gasteiger partial charge >= 0.3 is 0 Å². The lowest BCUT2D eigenvalue weighted by atomic mass is 10.2. The molecule has 0 saturated carbocycles. The van der Waals surface area contributed by atoms with Crippen LogP contribution in [0.5, 0.6) is 0 Å². The van der Waals surface area contributed by atoms with Gasteiger partial charge in [-0.15, -0.1) is 0 Å². The molecule has 0 heterocycles. The number of amides is 1. The van der Waals surface area contributed by atoms with Gasteiger partial charge in [0.2, 0.25) is 0 Å². The Labute approximate surface area is 104 Å². The number of halogens is 2. The molecule has 4 nitrogen and oxygen atoms in total. The fourth-order valence-electron chi connectivity index (χ4n) is 1.20. The maximum atomic E-state index is 11.6. The molecule has 3 N–H and O–H groups in total. The molecule has 1 aromatic carbocycles. The number of carbonyl (C=O) groups is 1. The summed E-state index contributed by atoms with van der Waals surface area (Å²) in [4.78, 5) is 12.9. The number of hydrogen-bond donors (Lipinski definition) is 2. The Morgan fingerprint density at radius 3 is 2.69 bits per heavy atom. The fraction of sp³-hybridized carbons (Fsp3) is 0.300. The van der Waals surface area contributed by atoms with Crippen molar-refractivity contribution >= 4 is 34.8 Å². The van der Waals surface area contributed by atoms with E-state index in [0.29, 0.717) is 15.7 Å². The van der Waals surface area contributed by atoms with Crippen LogP contribution in [0.4, 0.5) is 5.69 Å². The molecular weight excluding hydrogens is 251 g/mol. The third-order valence-corrected chi connectivity index (χ3v) is 2.65. The number of anilines is 1. The highest BCUT2D eigenvalue weighted by Gasteiger charge is 2.20. The second-order valence-electron chi connectivity index (χ2n) is 3.24. The number of hydrogen-bond acceptors (Lipinski definition) is 3. The van der Waals surface area contributed by atoms with Crippen LogP contribution in [0.3, 0.4) is 0 Å². The molecule has 1 aromatic rings. The van der Waals surface area contributed by atoms with Crippen LogP contribution in [0.2, 0.25) is 10.0 Å². The summed E-state index contributed by atoms with van der Waals surface area (Å²) in [5, 5.41) is 10.1. The van der Waals surface area contributed by atoms with Crippen LogP contribution in [0, 0.1) is 0 Å². The van der Waals surface area contributed by atoms with Crippen molar-refractivity contribution in [2.75, 3.05) is 18.5 Å². The van der Waals surface area contributed by atoms with Gasteiger partial charge in [0, 0.05) is 18.6 Å². The molecule has 1 rings (SSSR count). The third-order valence-electron chi connectivity index (χ3n) is 2.11. The number of rotatable bonds is 3. The van der Waals surface area contributed by atoms with Gasteiger partial charge in [-0.05, 0) is 18.2 Å². The number of likely N-dealkylation sites (N-methyl/N-ethyl adjacent to an activating group) is 1. The predicted molar refractivity (Wildman–Crippen MR) is 64.9 cm³/mol. The van der Waals surface area contributed by atoms with Crippen LogP contribution in [0.15, 0.2) is 18.2 Å². The predicted octanol–water partition coefficient (Wildman–Crippen LogP) is 1.28. The highest BCUT2D eigenvalue weighted by atomic mass is 35.5. The number of nitrogens with two attached hydrogens (primary N) is 1. The van der Waals surface area contributed by atoms with E-state index in [1.807, 2.05) is 0 Å². The maximum Gasteiger partial charge on any atom is 0.256 e. The Hall–Kier alpha value is -0.810. The molecule has 0 aliphatic rings. The Morgan fingerprint density at radius 1 is 1.56 bits per heavy atom. The number of nitrogens with zero attached hydrogens (tertiary/aromatic N) is 1. The van der Waals surface area contributed by atoms with Crippen molar-refractivity contribution in [1.82, 2.24) is 0 Å². The number of aliphatic hydroxyl groups is 1. The summed E-state index contributed by atoms with van der Waals surface area (Å²) in [6.45, 7) is -0.131. The number of benzene rings is 1. The molecule has 1 amide bonds. The minimum atomic E-state index is -1.23. The first-order valence-electron chi connectivity index (χ1n) is 4.58. The average Bonchev–Trinajstić information content (AvgIpc) is 2.26. The van der Waals surface area contributed by atoms with Gasteiger partial charge in [-0.2, -0.15) is 0 Å². The molecule has 0 spiro atoms. The monoisotopic (exact) mass is 262 g/mol. The molecule has 0 saturated heterocycles. The Kier molecular flexibility index (Phi) is 4.56. The van der Waals surface area contributed by atoms with E-state index in [0.717, 1.165) is 0 Å². The minimum Gasteiger partial charge on any atom is -0.382 e. The Bertz CT molecular complexity index is 398.